The summed E-state index contributed by atoms with van der Waals surface area (Å²) in [5, 5.41) is 3.43. The Bertz CT molecular complexity index is 564. The van der Waals surface area contributed by atoms with Crippen molar-refractivity contribution in [3.8, 4) is 0 Å². The quantitative estimate of drug-likeness (QED) is 0.863. The third-order valence-corrected chi connectivity index (χ3v) is 4.13. The topological polar surface area (TPSA) is 64.3 Å². The molecule has 3 N–H and O–H groups in total. The molecule has 1 fully saturated rings. The molecule has 21 heavy (non-hydrogen) atoms. The third-order valence-electron chi connectivity index (χ3n) is 3.89. The number of anilines is 1. The van der Waals surface area contributed by atoms with Crippen molar-refractivity contribution in [2.24, 2.45) is 11.1 Å². The zero-order valence-electron chi connectivity index (χ0n) is 13.2. The van der Waals surface area contributed by atoms with E-state index < -0.39 is 11.7 Å². The van der Waals surface area contributed by atoms with E-state index in [1.54, 1.807) is 12.1 Å². The maximum atomic E-state index is 12.0. The van der Waals surface area contributed by atoms with Crippen molar-refractivity contribution in [2.75, 3.05) is 5.32 Å². The first-order valence-corrected chi connectivity index (χ1v) is 7.45. The predicted octanol–water partition coefficient (Wildman–Crippen LogP) is 4.14. The summed E-state index contributed by atoms with van der Waals surface area (Å²) in [5.41, 5.74) is 7.29. The molecule has 116 valence electrons. The van der Waals surface area contributed by atoms with Crippen LogP contribution in [-0.4, -0.2) is 17.7 Å². The van der Waals surface area contributed by atoms with Gasteiger partial charge in [-0.2, -0.15) is 0 Å². The van der Waals surface area contributed by atoms with Gasteiger partial charge in [-0.05, 0) is 49.9 Å². The van der Waals surface area contributed by atoms with Gasteiger partial charge in [0.05, 0.1) is 0 Å². The SMILES string of the molecule is CC(C)(C)OC(=O)Nc1ccc(Cl)cc1[C@H]1[C@H](N)C1(C)C. The van der Waals surface area contributed by atoms with E-state index >= 15 is 0 Å². The van der Waals surface area contributed by atoms with E-state index in [0.717, 1.165) is 5.56 Å². The van der Waals surface area contributed by atoms with Crippen LogP contribution in [0.5, 0.6) is 0 Å². The van der Waals surface area contributed by atoms with Crippen LogP contribution in [-0.2, 0) is 4.74 Å². The van der Waals surface area contributed by atoms with E-state index in [4.69, 9.17) is 22.1 Å². The number of nitrogens with two attached hydrogens (primary N) is 1. The highest BCUT2D eigenvalue weighted by Gasteiger charge is 2.56. The fraction of sp³-hybridized carbons (Fsp3) is 0.562. The Morgan fingerprint density at radius 2 is 1.95 bits per heavy atom. The van der Waals surface area contributed by atoms with Crippen LogP contribution in [0.2, 0.25) is 5.02 Å². The first kappa shape index (κ1) is 16.1. The molecule has 0 heterocycles. The van der Waals surface area contributed by atoms with Crippen LogP contribution in [0.15, 0.2) is 18.2 Å². The van der Waals surface area contributed by atoms with Crippen molar-refractivity contribution >= 4 is 23.4 Å². The number of halogens is 1. The fourth-order valence-corrected chi connectivity index (χ4v) is 2.77. The fourth-order valence-electron chi connectivity index (χ4n) is 2.59. The van der Waals surface area contributed by atoms with Crippen molar-refractivity contribution in [2.45, 2.75) is 52.2 Å². The predicted molar refractivity (Wildman–Crippen MR) is 85.8 cm³/mol. The second kappa shape index (κ2) is 5.18. The smallest absolute Gasteiger partial charge is 0.412 e. The van der Waals surface area contributed by atoms with Crippen LogP contribution in [0.4, 0.5) is 10.5 Å². The molecule has 0 spiro atoms. The Kier molecular flexibility index (Phi) is 3.98. The molecule has 1 saturated carbocycles. The number of carbonyl (C=O) groups is 1. The van der Waals surface area contributed by atoms with Crippen LogP contribution in [0.25, 0.3) is 0 Å². The van der Waals surface area contributed by atoms with Gasteiger partial charge < -0.3 is 10.5 Å². The van der Waals surface area contributed by atoms with E-state index in [9.17, 15) is 4.79 Å². The Hall–Kier alpha value is -1.26. The zero-order chi connectivity index (χ0) is 16.0. The summed E-state index contributed by atoms with van der Waals surface area (Å²) < 4.78 is 5.29. The summed E-state index contributed by atoms with van der Waals surface area (Å²) in [7, 11) is 0. The second-order valence-electron chi connectivity index (χ2n) is 7.18. The van der Waals surface area contributed by atoms with Gasteiger partial charge in [-0.3, -0.25) is 5.32 Å². The molecule has 1 aromatic carbocycles. The Balaban J connectivity index is 2.23. The van der Waals surface area contributed by atoms with Crippen molar-refractivity contribution < 1.29 is 9.53 Å². The number of amides is 1. The molecule has 1 aliphatic rings. The lowest BCUT2D eigenvalue weighted by atomic mass is 10.0. The van der Waals surface area contributed by atoms with Gasteiger partial charge in [0.15, 0.2) is 0 Å². The summed E-state index contributed by atoms with van der Waals surface area (Å²) in [6.45, 7) is 9.71. The van der Waals surface area contributed by atoms with E-state index in [2.05, 4.69) is 19.2 Å². The Morgan fingerprint density at radius 3 is 2.43 bits per heavy atom. The first-order chi connectivity index (χ1) is 9.52. The molecule has 1 aliphatic carbocycles. The van der Waals surface area contributed by atoms with Crippen molar-refractivity contribution in [3.63, 3.8) is 0 Å². The maximum absolute atomic E-state index is 12.0. The largest absolute Gasteiger partial charge is 0.444 e. The molecule has 0 unspecified atom stereocenters. The molecule has 0 bridgehead atoms. The number of ether oxygens (including phenoxy) is 1. The van der Waals surface area contributed by atoms with Crippen LogP contribution in [0.1, 0.15) is 46.1 Å². The standard InChI is InChI=1S/C16H23ClN2O2/c1-15(2,3)21-14(20)19-11-7-6-9(17)8-10(11)12-13(18)16(12,4)5/h6-8,12-13H,18H2,1-5H3,(H,19,20)/t12-,13-/m0/s1. The molecule has 0 radical (unpaired) electrons. The highest BCUT2D eigenvalue weighted by atomic mass is 35.5. The van der Waals surface area contributed by atoms with Gasteiger partial charge in [0, 0.05) is 22.7 Å². The van der Waals surface area contributed by atoms with Crippen LogP contribution in [0.3, 0.4) is 0 Å². The summed E-state index contributed by atoms with van der Waals surface area (Å²) in [5.74, 6) is 0.182. The van der Waals surface area contributed by atoms with Crippen molar-refractivity contribution in [1.82, 2.24) is 0 Å². The molecule has 4 nitrogen and oxygen atoms in total. The van der Waals surface area contributed by atoms with Gasteiger partial charge in [-0.1, -0.05) is 25.4 Å². The van der Waals surface area contributed by atoms with E-state index in [1.165, 1.54) is 0 Å². The minimum absolute atomic E-state index is 0.00897. The van der Waals surface area contributed by atoms with Crippen molar-refractivity contribution in [3.05, 3.63) is 28.8 Å². The van der Waals surface area contributed by atoms with E-state index in [-0.39, 0.29) is 17.4 Å². The average molecular weight is 311 g/mol. The minimum Gasteiger partial charge on any atom is -0.444 e. The highest BCUT2D eigenvalue weighted by molar-refractivity contribution is 6.30. The monoisotopic (exact) mass is 310 g/mol. The zero-order valence-corrected chi connectivity index (χ0v) is 13.9. The summed E-state index contributed by atoms with van der Waals surface area (Å²) >= 11 is 6.09. The molecule has 0 saturated heterocycles. The van der Waals surface area contributed by atoms with E-state index in [1.807, 2.05) is 26.8 Å². The molecular formula is C16H23ClN2O2. The lowest BCUT2D eigenvalue weighted by Crippen LogP contribution is -2.27. The molecule has 2 rings (SSSR count). The summed E-state index contributed by atoms with van der Waals surface area (Å²) in [6, 6.07) is 5.48. The summed E-state index contributed by atoms with van der Waals surface area (Å²) in [6.07, 6.45) is -0.474. The van der Waals surface area contributed by atoms with Gasteiger partial charge in [0.1, 0.15) is 5.60 Å². The minimum atomic E-state index is -0.536. The molecule has 5 heteroatoms. The number of nitrogens with one attached hydrogen (secondary N) is 1. The lowest BCUT2D eigenvalue weighted by molar-refractivity contribution is 0.0635. The Labute approximate surface area is 131 Å². The normalized spacial score (nSPS) is 23.6. The lowest BCUT2D eigenvalue weighted by Gasteiger charge is -2.20. The van der Waals surface area contributed by atoms with E-state index in [0.29, 0.717) is 10.7 Å². The number of carbonyl (C=O) groups excluding carboxylic acids is 1. The number of hydrogen-bond donors (Lipinski definition) is 2. The molecule has 0 aliphatic heterocycles. The highest BCUT2D eigenvalue weighted by Crippen LogP contribution is 2.59. The average Bonchev–Trinajstić information content (AvgIpc) is 2.78. The molecule has 0 aromatic heterocycles. The number of hydrogen-bond acceptors (Lipinski definition) is 3. The van der Waals surface area contributed by atoms with Crippen LogP contribution >= 0.6 is 11.6 Å². The van der Waals surface area contributed by atoms with Gasteiger partial charge in [-0.25, -0.2) is 4.79 Å². The second-order valence-corrected chi connectivity index (χ2v) is 7.62. The number of rotatable bonds is 2. The van der Waals surface area contributed by atoms with Gasteiger partial charge in [-0.15, -0.1) is 0 Å². The van der Waals surface area contributed by atoms with Gasteiger partial charge in [0.25, 0.3) is 0 Å². The Morgan fingerprint density at radius 1 is 1.38 bits per heavy atom. The molecular weight excluding hydrogens is 288 g/mol. The van der Waals surface area contributed by atoms with Crippen LogP contribution < -0.4 is 11.1 Å². The molecule has 1 amide bonds. The molecule has 1 aromatic rings. The van der Waals surface area contributed by atoms with Crippen molar-refractivity contribution in [1.29, 1.82) is 0 Å². The molecule has 2 atom stereocenters. The summed E-state index contributed by atoms with van der Waals surface area (Å²) in [4.78, 5) is 12.0. The first-order valence-electron chi connectivity index (χ1n) is 7.07. The van der Waals surface area contributed by atoms with Gasteiger partial charge in [0.2, 0.25) is 0 Å². The van der Waals surface area contributed by atoms with Gasteiger partial charge >= 0.3 is 6.09 Å². The number of benzene rings is 1. The van der Waals surface area contributed by atoms with Crippen LogP contribution in [0, 0.1) is 5.41 Å². The maximum Gasteiger partial charge on any atom is 0.412 e. The third kappa shape index (κ3) is 3.50.